The van der Waals surface area contributed by atoms with E-state index in [1.807, 2.05) is 6.08 Å². The highest BCUT2D eigenvalue weighted by molar-refractivity contribution is 7.73. The summed E-state index contributed by atoms with van der Waals surface area (Å²) in [5.74, 6) is -0.114. The third-order valence-electron chi connectivity index (χ3n) is 4.43. The van der Waals surface area contributed by atoms with Crippen LogP contribution in [0.15, 0.2) is 6.08 Å². The van der Waals surface area contributed by atoms with Crippen molar-refractivity contribution in [3.63, 3.8) is 0 Å². The van der Waals surface area contributed by atoms with Crippen LogP contribution in [0.2, 0.25) is 0 Å². The van der Waals surface area contributed by atoms with Crippen LogP contribution in [0.1, 0.15) is 57.2 Å². The summed E-state index contributed by atoms with van der Waals surface area (Å²) in [4.78, 5) is 11.4. The molecular weight excluding hydrogens is 330 g/mol. The smallest absolute Gasteiger partial charge is 0.303 e. The van der Waals surface area contributed by atoms with Gasteiger partial charge in [0, 0.05) is 13.0 Å². The summed E-state index contributed by atoms with van der Waals surface area (Å²) in [5, 5.41) is 19.0. The molecule has 1 heterocycles. The molecule has 1 aromatic rings. The first-order chi connectivity index (χ1) is 10.8. The number of aliphatic carboxylic acids is 1. The fourth-order valence-corrected chi connectivity index (χ4v) is 4.52. The first-order valence-electron chi connectivity index (χ1n) is 8.11. The van der Waals surface area contributed by atoms with Crippen molar-refractivity contribution in [2.75, 3.05) is 0 Å². The highest BCUT2D eigenvalue weighted by atomic mass is 32.1. The first kappa shape index (κ1) is 18.2. The van der Waals surface area contributed by atoms with Gasteiger partial charge < -0.3 is 10.2 Å². The monoisotopic (exact) mass is 355 g/mol. The minimum Gasteiger partial charge on any atom is -0.493 e. The molecular formula is C17H25NO3S2. The average molecular weight is 356 g/mol. The van der Waals surface area contributed by atoms with Crippen LogP contribution in [0.4, 0.5) is 0 Å². The largest absolute Gasteiger partial charge is 0.493 e. The quantitative estimate of drug-likeness (QED) is 0.699. The summed E-state index contributed by atoms with van der Waals surface area (Å²) in [5.41, 5.74) is 0.394. The van der Waals surface area contributed by atoms with Gasteiger partial charge in [0.2, 0.25) is 5.88 Å². The van der Waals surface area contributed by atoms with Gasteiger partial charge in [-0.25, -0.2) is 0 Å². The van der Waals surface area contributed by atoms with Gasteiger partial charge in [0.25, 0.3) is 0 Å². The van der Waals surface area contributed by atoms with E-state index in [-0.39, 0.29) is 12.3 Å². The lowest BCUT2D eigenvalue weighted by Crippen LogP contribution is -2.21. The van der Waals surface area contributed by atoms with E-state index in [0.29, 0.717) is 28.3 Å². The normalized spacial score (nSPS) is 20.9. The molecule has 1 unspecified atom stereocenters. The molecule has 1 aromatic heterocycles. The molecule has 4 nitrogen and oxygen atoms in total. The highest BCUT2D eigenvalue weighted by Crippen LogP contribution is 2.39. The molecule has 2 rings (SSSR count). The summed E-state index contributed by atoms with van der Waals surface area (Å²) in [7, 11) is 0. The Bertz CT molecular complexity index is 643. The van der Waals surface area contributed by atoms with Crippen molar-refractivity contribution in [3.05, 3.63) is 14.9 Å². The average Bonchev–Trinajstić information content (AvgIpc) is 2.71. The number of rotatable bonds is 6. The van der Waals surface area contributed by atoms with Gasteiger partial charge in [-0.1, -0.05) is 26.3 Å². The Morgan fingerprint density at radius 1 is 1.52 bits per heavy atom. The Balaban J connectivity index is 2.04. The van der Waals surface area contributed by atoms with E-state index in [9.17, 15) is 9.90 Å². The zero-order valence-electron chi connectivity index (χ0n) is 13.7. The Morgan fingerprint density at radius 2 is 2.26 bits per heavy atom. The predicted octanol–water partition coefficient (Wildman–Crippen LogP) is 5.08. The van der Waals surface area contributed by atoms with Gasteiger partial charge in [0.05, 0.1) is 4.88 Å². The molecule has 23 heavy (non-hydrogen) atoms. The number of carboxylic acids is 1. The van der Waals surface area contributed by atoms with E-state index in [4.69, 9.17) is 17.3 Å². The number of carbonyl (C=O) groups is 1. The maximum absolute atomic E-state index is 10.6. The Labute approximate surface area is 146 Å². The second kappa shape index (κ2) is 7.62. The summed E-state index contributed by atoms with van der Waals surface area (Å²) in [6.07, 6.45) is 9.63. The lowest BCUT2D eigenvalue weighted by atomic mass is 9.72. The maximum Gasteiger partial charge on any atom is 0.303 e. The van der Waals surface area contributed by atoms with Crippen molar-refractivity contribution in [1.29, 1.82) is 0 Å². The predicted molar refractivity (Wildman–Crippen MR) is 96.5 cm³/mol. The molecule has 0 saturated heterocycles. The molecule has 6 heteroatoms. The number of nitrogens with zero attached hydrogens (tertiary/aromatic N) is 1. The standard InChI is InChI=1S/C17H25NO3S2/c1-17(2)9-3-5-12(11-17)7-8-13-15(21)18(16(22)23-13)10-4-6-14(19)20/h7-8,12,21H,3-6,9-11H2,1-2H3,(H,19,20). The van der Waals surface area contributed by atoms with Crippen LogP contribution in [0.5, 0.6) is 5.88 Å². The third kappa shape index (κ3) is 5.18. The molecule has 0 radical (unpaired) electrons. The maximum atomic E-state index is 10.6. The number of hydrogen-bond acceptors (Lipinski definition) is 4. The molecule has 0 aromatic carbocycles. The SMILES string of the molecule is CC1(C)CCCC(C=Cc2sc(=S)n(CCCC(=O)O)c2O)C1. The minimum atomic E-state index is -0.828. The number of hydrogen-bond donors (Lipinski definition) is 2. The molecule has 128 valence electrons. The summed E-state index contributed by atoms with van der Waals surface area (Å²) in [6.45, 7) is 5.07. The highest BCUT2D eigenvalue weighted by Gasteiger charge is 2.26. The summed E-state index contributed by atoms with van der Waals surface area (Å²) >= 11 is 6.67. The molecule has 0 bridgehead atoms. The second-order valence-corrected chi connectivity index (χ2v) is 8.76. The minimum absolute atomic E-state index is 0.0827. The molecule has 1 aliphatic rings. The van der Waals surface area contributed by atoms with Gasteiger partial charge in [-0.3, -0.25) is 9.36 Å². The number of aromatic nitrogens is 1. The third-order valence-corrected chi connectivity index (χ3v) is 5.83. The first-order valence-corrected chi connectivity index (χ1v) is 9.33. The fourth-order valence-electron chi connectivity index (χ4n) is 3.25. The van der Waals surface area contributed by atoms with Crippen LogP contribution < -0.4 is 0 Å². The Kier molecular flexibility index (Phi) is 6.03. The van der Waals surface area contributed by atoms with Crippen molar-refractivity contribution >= 4 is 35.6 Å². The molecule has 1 saturated carbocycles. The van der Waals surface area contributed by atoms with Gasteiger partial charge in [-0.05, 0) is 55.3 Å². The van der Waals surface area contributed by atoms with Gasteiger partial charge in [0.1, 0.15) is 0 Å². The molecule has 2 N–H and O–H groups in total. The van der Waals surface area contributed by atoms with E-state index in [0.717, 1.165) is 4.88 Å². The fraction of sp³-hybridized carbons (Fsp3) is 0.647. The molecule has 1 aliphatic carbocycles. The lowest BCUT2D eigenvalue weighted by molar-refractivity contribution is -0.137. The van der Waals surface area contributed by atoms with E-state index >= 15 is 0 Å². The summed E-state index contributed by atoms with van der Waals surface area (Å²) in [6, 6.07) is 0. The van der Waals surface area contributed by atoms with Gasteiger partial charge in [-0.15, -0.1) is 11.3 Å². The Morgan fingerprint density at radius 3 is 2.91 bits per heavy atom. The van der Waals surface area contributed by atoms with Crippen LogP contribution in [0.25, 0.3) is 6.08 Å². The van der Waals surface area contributed by atoms with Crippen molar-refractivity contribution < 1.29 is 15.0 Å². The number of aromatic hydroxyl groups is 1. The van der Waals surface area contributed by atoms with Crippen LogP contribution in [-0.4, -0.2) is 20.7 Å². The van der Waals surface area contributed by atoms with Crippen molar-refractivity contribution in [2.45, 2.75) is 58.9 Å². The van der Waals surface area contributed by atoms with Crippen LogP contribution in [0.3, 0.4) is 0 Å². The molecule has 0 aliphatic heterocycles. The number of carboxylic acid groups (broad SMARTS) is 1. The van der Waals surface area contributed by atoms with Gasteiger partial charge in [-0.2, -0.15) is 0 Å². The van der Waals surface area contributed by atoms with Crippen molar-refractivity contribution in [2.24, 2.45) is 11.3 Å². The van der Waals surface area contributed by atoms with Crippen LogP contribution >= 0.6 is 23.6 Å². The molecule has 1 atom stereocenters. The van der Waals surface area contributed by atoms with Gasteiger partial charge in [0.15, 0.2) is 3.95 Å². The molecule has 0 amide bonds. The zero-order chi connectivity index (χ0) is 17.0. The van der Waals surface area contributed by atoms with E-state index in [1.54, 1.807) is 4.57 Å². The lowest BCUT2D eigenvalue weighted by Gasteiger charge is -2.33. The summed E-state index contributed by atoms with van der Waals surface area (Å²) < 4.78 is 2.23. The number of allylic oxidation sites excluding steroid dienone is 1. The van der Waals surface area contributed by atoms with Crippen LogP contribution in [-0.2, 0) is 11.3 Å². The van der Waals surface area contributed by atoms with Crippen molar-refractivity contribution in [3.8, 4) is 5.88 Å². The Hall–Kier alpha value is -1.14. The number of thiazole rings is 1. The molecule has 0 spiro atoms. The zero-order valence-corrected chi connectivity index (χ0v) is 15.4. The van der Waals surface area contributed by atoms with Gasteiger partial charge >= 0.3 is 5.97 Å². The van der Waals surface area contributed by atoms with Crippen molar-refractivity contribution in [1.82, 2.24) is 4.57 Å². The van der Waals surface area contributed by atoms with E-state index < -0.39 is 5.97 Å². The van der Waals surface area contributed by atoms with E-state index in [2.05, 4.69) is 19.9 Å². The second-order valence-electron chi connectivity index (χ2n) is 7.08. The molecule has 1 fully saturated rings. The van der Waals surface area contributed by atoms with E-state index in [1.165, 1.54) is 37.0 Å². The topological polar surface area (TPSA) is 62.5 Å². The van der Waals surface area contributed by atoms with Crippen LogP contribution in [0, 0.1) is 15.3 Å².